The number of benzene rings is 1. The molecule has 0 aliphatic carbocycles. The van der Waals surface area contributed by atoms with Crippen LogP contribution in [0.4, 0.5) is 13.2 Å². The Morgan fingerprint density at radius 3 is 2.24 bits per heavy atom. The molecule has 1 aromatic heterocycles. The Bertz CT molecular complexity index is 716. The molecule has 21 heavy (non-hydrogen) atoms. The number of hydrogen-bond acceptors (Lipinski definition) is 2. The summed E-state index contributed by atoms with van der Waals surface area (Å²) in [6, 6.07) is 5.82. The van der Waals surface area contributed by atoms with Crippen molar-refractivity contribution in [3.8, 4) is 0 Å². The predicted octanol–water partition coefficient (Wildman–Crippen LogP) is 5.29. The maximum atomic E-state index is 12.5. The zero-order valence-electron chi connectivity index (χ0n) is 10.0. The molecule has 0 saturated carbocycles. The average Bonchev–Trinajstić information content (AvgIpc) is 2.39. The van der Waals surface area contributed by atoms with Gasteiger partial charge in [-0.2, -0.15) is 13.2 Å². The van der Waals surface area contributed by atoms with Gasteiger partial charge < -0.3 is 0 Å². The molecule has 1 heterocycles. The molecule has 0 saturated heterocycles. The van der Waals surface area contributed by atoms with Gasteiger partial charge in [0.25, 0.3) is 0 Å². The topological polar surface area (TPSA) is 30.0 Å². The molecule has 2 rings (SSSR count). The third kappa shape index (κ3) is 3.48. The SMILES string of the molecule is O=C(c1cc(Cl)ccc1Cl)c1ccc(C(F)(F)F)nc1Cl. The van der Waals surface area contributed by atoms with Gasteiger partial charge in [-0.25, -0.2) is 4.98 Å². The average molecular weight is 355 g/mol. The van der Waals surface area contributed by atoms with Gasteiger partial charge in [0.15, 0.2) is 5.78 Å². The Balaban J connectivity index is 2.47. The second-order valence-corrected chi connectivity index (χ2v) is 5.19. The number of aromatic nitrogens is 1. The van der Waals surface area contributed by atoms with E-state index in [2.05, 4.69) is 4.98 Å². The van der Waals surface area contributed by atoms with Crippen LogP contribution < -0.4 is 0 Å². The Morgan fingerprint density at radius 1 is 1.00 bits per heavy atom. The summed E-state index contributed by atoms with van der Waals surface area (Å²) in [4.78, 5) is 15.4. The van der Waals surface area contributed by atoms with Crippen molar-refractivity contribution in [3.05, 3.63) is 62.4 Å². The smallest absolute Gasteiger partial charge is 0.288 e. The number of ketones is 1. The molecule has 110 valence electrons. The summed E-state index contributed by atoms with van der Waals surface area (Å²) in [6.07, 6.45) is -4.64. The molecule has 2 aromatic rings. The van der Waals surface area contributed by atoms with Gasteiger partial charge in [-0.3, -0.25) is 4.79 Å². The molecule has 8 heteroatoms. The molecule has 1 aromatic carbocycles. The maximum Gasteiger partial charge on any atom is 0.433 e. The summed E-state index contributed by atoms with van der Waals surface area (Å²) in [5.74, 6) is -0.659. The van der Waals surface area contributed by atoms with Crippen molar-refractivity contribution in [2.45, 2.75) is 6.18 Å². The minimum Gasteiger partial charge on any atom is -0.288 e. The fourth-order valence-electron chi connectivity index (χ4n) is 1.58. The predicted molar refractivity (Wildman–Crippen MR) is 74.1 cm³/mol. The second-order valence-electron chi connectivity index (χ2n) is 3.99. The van der Waals surface area contributed by atoms with E-state index in [4.69, 9.17) is 34.8 Å². The quantitative estimate of drug-likeness (QED) is 0.542. The molecule has 0 fully saturated rings. The molecule has 0 amide bonds. The Kier molecular flexibility index (Phi) is 4.46. The fraction of sp³-hybridized carbons (Fsp3) is 0.0769. The Labute approximate surface area is 132 Å². The van der Waals surface area contributed by atoms with E-state index in [0.29, 0.717) is 6.07 Å². The van der Waals surface area contributed by atoms with Gasteiger partial charge >= 0.3 is 6.18 Å². The highest BCUT2D eigenvalue weighted by molar-refractivity contribution is 6.38. The van der Waals surface area contributed by atoms with Crippen molar-refractivity contribution in [1.82, 2.24) is 4.98 Å². The Morgan fingerprint density at radius 2 is 1.67 bits per heavy atom. The third-order valence-corrected chi connectivity index (χ3v) is 3.41. The summed E-state index contributed by atoms with van der Waals surface area (Å²) in [6.45, 7) is 0. The highest BCUT2D eigenvalue weighted by Gasteiger charge is 2.33. The van der Waals surface area contributed by atoms with Crippen LogP contribution in [0.5, 0.6) is 0 Å². The minimum atomic E-state index is -4.64. The number of halogens is 6. The van der Waals surface area contributed by atoms with Gasteiger partial charge in [-0.05, 0) is 30.3 Å². The molecular weight excluding hydrogens is 350 g/mol. The standard InChI is InChI=1S/C13H5Cl3F3NO/c14-6-1-3-9(15)8(5-6)11(21)7-2-4-10(13(17,18)19)20-12(7)16/h1-5H. The summed E-state index contributed by atoms with van der Waals surface area (Å²) < 4.78 is 37.5. The summed E-state index contributed by atoms with van der Waals surface area (Å²) >= 11 is 17.3. The van der Waals surface area contributed by atoms with Gasteiger partial charge in [-0.1, -0.05) is 34.8 Å². The molecule has 0 radical (unpaired) electrons. The van der Waals surface area contributed by atoms with Crippen molar-refractivity contribution in [2.24, 2.45) is 0 Å². The maximum absolute atomic E-state index is 12.5. The van der Waals surface area contributed by atoms with Crippen LogP contribution in [0.2, 0.25) is 15.2 Å². The molecule has 2 nitrogen and oxygen atoms in total. The number of alkyl halides is 3. The van der Waals surface area contributed by atoms with Crippen molar-refractivity contribution in [3.63, 3.8) is 0 Å². The largest absolute Gasteiger partial charge is 0.433 e. The van der Waals surface area contributed by atoms with Crippen molar-refractivity contribution in [2.75, 3.05) is 0 Å². The number of rotatable bonds is 2. The first kappa shape index (κ1) is 16.1. The Hall–Kier alpha value is -1.30. The highest BCUT2D eigenvalue weighted by atomic mass is 35.5. The molecule has 0 aliphatic rings. The van der Waals surface area contributed by atoms with E-state index in [0.717, 1.165) is 6.07 Å². The van der Waals surface area contributed by atoms with Crippen LogP contribution in [0, 0.1) is 0 Å². The lowest BCUT2D eigenvalue weighted by Gasteiger charge is -2.09. The second kappa shape index (κ2) is 5.83. The first-order valence-electron chi connectivity index (χ1n) is 5.43. The van der Waals surface area contributed by atoms with Gasteiger partial charge in [0.05, 0.1) is 10.6 Å². The van der Waals surface area contributed by atoms with Crippen molar-refractivity contribution >= 4 is 40.6 Å². The first-order chi connectivity index (χ1) is 9.70. The minimum absolute atomic E-state index is 0.0348. The van der Waals surface area contributed by atoms with Crippen LogP contribution in [0.25, 0.3) is 0 Å². The van der Waals surface area contributed by atoms with E-state index < -0.39 is 22.8 Å². The third-order valence-electron chi connectivity index (χ3n) is 2.56. The normalized spacial score (nSPS) is 11.5. The molecule has 0 spiro atoms. The number of hydrogen-bond donors (Lipinski definition) is 0. The van der Waals surface area contributed by atoms with Crippen LogP contribution in [0.1, 0.15) is 21.6 Å². The lowest BCUT2D eigenvalue weighted by Crippen LogP contribution is -2.11. The zero-order chi connectivity index (χ0) is 15.8. The van der Waals surface area contributed by atoms with Crippen molar-refractivity contribution in [1.29, 1.82) is 0 Å². The number of carbonyl (C=O) groups excluding carboxylic acids is 1. The first-order valence-corrected chi connectivity index (χ1v) is 6.57. The van der Waals surface area contributed by atoms with E-state index in [1.54, 1.807) is 0 Å². The molecule has 0 N–H and O–H groups in total. The van der Waals surface area contributed by atoms with E-state index in [1.807, 2.05) is 0 Å². The van der Waals surface area contributed by atoms with Gasteiger partial charge in [0.1, 0.15) is 10.8 Å². The van der Waals surface area contributed by atoms with Crippen molar-refractivity contribution < 1.29 is 18.0 Å². The van der Waals surface area contributed by atoms with Gasteiger partial charge in [0, 0.05) is 10.6 Å². The van der Waals surface area contributed by atoms with E-state index >= 15 is 0 Å². The van der Waals surface area contributed by atoms with E-state index in [-0.39, 0.29) is 21.2 Å². The van der Waals surface area contributed by atoms with Gasteiger partial charge in [-0.15, -0.1) is 0 Å². The summed E-state index contributed by atoms with van der Waals surface area (Å²) in [5.41, 5.74) is -1.33. The zero-order valence-corrected chi connectivity index (χ0v) is 12.3. The van der Waals surface area contributed by atoms with Crippen LogP contribution >= 0.6 is 34.8 Å². The summed E-state index contributed by atoms with van der Waals surface area (Å²) in [5, 5.41) is -0.176. The molecule has 0 aliphatic heterocycles. The monoisotopic (exact) mass is 353 g/mol. The van der Waals surface area contributed by atoms with Crippen LogP contribution in [0.3, 0.4) is 0 Å². The van der Waals surface area contributed by atoms with E-state index in [1.165, 1.54) is 18.2 Å². The molecule has 0 unspecified atom stereocenters. The molecular formula is C13H5Cl3F3NO. The van der Waals surface area contributed by atoms with Crippen LogP contribution in [-0.4, -0.2) is 10.8 Å². The number of nitrogens with zero attached hydrogens (tertiary/aromatic N) is 1. The van der Waals surface area contributed by atoms with Crippen LogP contribution in [0.15, 0.2) is 30.3 Å². The lowest BCUT2D eigenvalue weighted by atomic mass is 10.0. The van der Waals surface area contributed by atoms with E-state index in [9.17, 15) is 18.0 Å². The summed E-state index contributed by atoms with van der Waals surface area (Å²) in [7, 11) is 0. The molecule has 0 bridgehead atoms. The van der Waals surface area contributed by atoms with Crippen LogP contribution in [-0.2, 0) is 6.18 Å². The number of carbonyl (C=O) groups is 1. The lowest BCUT2D eigenvalue weighted by molar-refractivity contribution is -0.141. The number of pyridine rings is 1. The molecule has 0 atom stereocenters. The van der Waals surface area contributed by atoms with Gasteiger partial charge in [0.2, 0.25) is 0 Å². The highest BCUT2D eigenvalue weighted by Crippen LogP contribution is 2.31. The fourth-order valence-corrected chi connectivity index (χ4v) is 2.19.